The van der Waals surface area contributed by atoms with Crippen molar-refractivity contribution >= 4 is 6.21 Å². The second-order valence-electron chi connectivity index (χ2n) is 5.52. The quantitative estimate of drug-likeness (QED) is 0.748. The molecule has 0 unspecified atom stereocenters. The average molecular weight is 236 g/mol. The van der Waals surface area contributed by atoms with Gasteiger partial charge in [-0.2, -0.15) is 0 Å². The van der Waals surface area contributed by atoms with Gasteiger partial charge in [0, 0.05) is 19.1 Å². The summed E-state index contributed by atoms with van der Waals surface area (Å²) in [6.07, 6.45) is 4.84. The Kier molecular flexibility index (Phi) is 3.57. The van der Waals surface area contributed by atoms with Gasteiger partial charge in [-0.15, -0.1) is 5.10 Å². The number of nitrogens with zero attached hydrogens (tertiary/aromatic N) is 4. The van der Waals surface area contributed by atoms with E-state index in [1.54, 1.807) is 6.21 Å². The minimum absolute atomic E-state index is 0.0664. The highest BCUT2D eigenvalue weighted by Crippen LogP contribution is 2.14. The molecule has 1 aromatic heterocycles. The van der Waals surface area contributed by atoms with Crippen LogP contribution in [0.4, 0.5) is 0 Å². The Morgan fingerprint density at radius 3 is 3.06 bits per heavy atom. The van der Waals surface area contributed by atoms with Crippen LogP contribution < -0.4 is 0 Å². The molecule has 1 atom stereocenters. The number of rotatable bonds is 3. The van der Waals surface area contributed by atoms with Gasteiger partial charge in [-0.25, -0.2) is 0 Å². The Labute approximate surface area is 102 Å². The minimum Gasteiger partial charge on any atom is -0.381 e. The number of hydrogen-bond donors (Lipinski definition) is 0. The third-order valence-electron chi connectivity index (χ3n) is 2.61. The minimum atomic E-state index is -0.0664. The third-order valence-corrected chi connectivity index (χ3v) is 2.61. The van der Waals surface area contributed by atoms with Crippen LogP contribution in [-0.4, -0.2) is 40.0 Å². The van der Waals surface area contributed by atoms with E-state index in [2.05, 4.69) is 36.1 Å². The Morgan fingerprint density at radius 1 is 1.59 bits per heavy atom. The second-order valence-corrected chi connectivity index (χ2v) is 5.52. The molecule has 1 aliphatic rings. The van der Waals surface area contributed by atoms with Gasteiger partial charge in [0.05, 0.1) is 24.6 Å². The lowest BCUT2D eigenvalue weighted by Crippen LogP contribution is -2.11. The van der Waals surface area contributed by atoms with Crippen molar-refractivity contribution in [3.63, 3.8) is 0 Å². The molecule has 0 N–H and O–H groups in total. The third kappa shape index (κ3) is 3.93. The normalized spacial score (nSPS) is 21.5. The van der Waals surface area contributed by atoms with Crippen LogP contribution in [0.3, 0.4) is 0 Å². The maximum absolute atomic E-state index is 5.34. The molecule has 0 spiro atoms. The van der Waals surface area contributed by atoms with Gasteiger partial charge in [0.15, 0.2) is 0 Å². The van der Waals surface area contributed by atoms with E-state index < -0.39 is 0 Å². The Hall–Kier alpha value is -1.23. The Balaban J connectivity index is 1.93. The lowest BCUT2D eigenvalue weighted by atomic mass is 10.1. The molecule has 2 heterocycles. The molecule has 1 aliphatic heterocycles. The molecule has 0 aromatic carbocycles. The van der Waals surface area contributed by atoms with Crippen molar-refractivity contribution in [1.82, 2.24) is 15.0 Å². The molecule has 0 amide bonds. The van der Waals surface area contributed by atoms with Crippen LogP contribution in [0, 0.1) is 5.92 Å². The van der Waals surface area contributed by atoms with Gasteiger partial charge in [-0.1, -0.05) is 5.21 Å². The van der Waals surface area contributed by atoms with Crippen LogP contribution in [0.15, 0.2) is 11.2 Å². The zero-order valence-corrected chi connectivity index (χ0v) is 10.8. The lowest BCUT2D eigenvalue weighted by Gasteiger charge is -2.09. The summed E-state index contributed by atoms with van der Waals surface area (Å²) in [5.41, 5.74) is 0.752. The fourth-order valence-electron chi connectivity index (χ4n) is 1.71. The van der Waals surface area contributed by atoms with E-state index in [0.29, 0.717) is 5.92 Å². The van der Waals surface area contributed by atoms with Crippen LogP contribution in [0.1, 0.15) is 32.9 Å². The number of ether oxygens (including phenoxy) is 1. The zero-order valence-electron chi connectivity index (χ0n) is 10.8. The van der Waals surface area contributed by atoms with Gasteiger partial charge in [0.1, 0.15) is 5.69 Å². The van der Waals surface area contributed by atoms with Gasteiger partial charge in [-0.05, 0) is 27.2 Å². The molecular formula is C12H20N4O. The van der Waals surface area contributed by atoms with Gasteiger partial charge in [0.2, 0.25) is 0 Å². The molecule has 1 saturated heterocycles. The molecule has 1 aromatic rings. The molecule has 94 valence electrons. The average Bonchev–Trinajstić information content (AvgIpc) is 2.86. The summed E-state index contributed by atoms with van der Waals surface area (Å²) in [5.74, 6) is 0.573. The first-order valence-electron chi connectivity index (χ1n) is 6.06. The summed E-state index contributed by atoms with van der Waals surface area (Å²) in [5, 5.41) is 8.18. The highest BCUT2D eigenvalue weighted by atomic mass is 16.5. The van der Waals surface area contributed by atoms with Crippen LogP contribution in [-0.2, 0) is 11.3 Å². The topological polar surface area (TPSA) is 52.3 Å². The van der Waals surface area contributed by atoms with E-state index in [9.17, 15) is 0 Å². The van der Waals surface area contributed by atoms with Crippen LogP contribution in [0.5, 0.6) is 0 Å². The molecule has 0 aliphatic carbocycles. The molecule has 5 heteroatoms. The summed E-state index contributed by atoms with van der Waals surface area (Å²) in [4.78, 5) is 4.41. The predicted octanol–water partition coefficient (Wildman–Crippen LogP) is 1.53. The molecule has 0 radical (unpaired) electrons. The standard InChI is InChI=1S/C12H20N4O/c1-12(2,3)13-6-11-8-16(15-14-11)7-10-4-5-17-9-10/h6,8,10H,4-5,7,9H2,1-3H3/t10-/m1/s1. The van der Waals surface area contributed by atoms with Gasteiger partial charge in [-0.3, -0.25) is 9.67 Å². The highest BCUT2D eigenvalue weighted by Gasteiger charge is 2.16. The summed E-state index contributed by atoms with van der Waals surface area (Å²) in [6.45, 7) is 8.77. The fourth-order valence-corrected chi connectivity index (χ4v) is 1.71. The molecule has 5 nitrogen and oxygen atoms in total. The van der Waals surface area contributed by atoms with E-state index in [4.69, 9.17) is 4.74 Å². The van der Waals surface area contributed by atoms with Crippen molar-refractivity contribution in [3.05, 3.63) is 11.9 Å². The maximum Gasteiger partial charge on any atom is 0.123 e. The second kappa shape index (κ2) is 4.96. The lowest BCUT2D eigenvalue weighted by molar-refractivity contribution is 0.181. The monoisotopic (exact) mass is 236 g/mol. The van der Waals surface area contributed by atoms with Gasteiger partial charge >= 0.3 is 0 Å². The Bertz CT molecular complexity index is 385. The van der Waals surface area contributed by atoms with Crippen LogP contribution in [0.25, 0.3) is 0 Å². The summed E-state index contributed by atoms with van der Waals surface area (Å²) in [6, 6.07) is 0. The van der Waals surface area contributed by atoms with Gasteiger partial charge < -0.3 is 4.74 Å². The predicted molar refractivity (Wildman–Crippen MR) is 66.3 cm³/mol. The number of aliphatic imine (C=N–C) groups is 1. The first-order valence-corrected chi connectivity index (χ1v) is 6.06. The molecule has 17 heavy (non-hydrogen) atoms. The molecule has 1 fully saturated rings. The summed E-state index contributed by atoms with van der Waals surface area (Å²) < 4.78 is 7.22. The van der Waals surface area contributed by atoms with Crippen molar-refractivity contribution in [3.8, 4) is 0 Å². The van der Waals surface area contributed by atoms with Crippen molar-refractivity contribution in [1.29, 1.82) is 0 Å². The fraction of sp³-hybridized carbons (Fsp3) is 0.750. The van der Waals surface area contributed by atoms with E-state index in [0.717, 1.165) is 31.9 Å². The summed E-state index contributed by atoms with van der Waals surface area (Å²) in [7, 11) is 0. The molecule has 2 rings (SSSR count). The van der Waals surface area contributed by atoms with Crippen molar-refractivity contribution in [2.45, 2.75) is 39.3 Å². The van der Waals surface area contributed by atoms with Crippen LogP contribution >= 0.6 is 0 Å². The maximum atomic E-state index is 5.34. The first kappa shape index (κ1) is 12.2. The van der Waals surface area contributed by atoms with Crippen LogP contribution in [0.2, 0.25) is 0 Å². The molecule has 0 saturated carbocycles. The SMILES string of the molecule is CC(C)(C)N=Cc1cn(C[C@H]2CCOC2)nn1. The van der Waals surface area contributed by atoms with E-state index in [-0.39, 0.29) is 5.54 Å². The Morgan fingerprint density at radius 2 is 2.41 bits per heavy atom. The van der Waals surface area contributed by atoms with Crippen molar-refractivity contribution < 1.29 is 4.74 Å². The van der Waals surface area contributed by atoms with E-state index in [1.165, 1.54) is 0 Å². The molecular weight excluding hydrogens is 216 g/mol. The molecule has 0 bridgehead atoms. The largest absolute Gasteiger partial charge is 0.381 e. The zero-order chi connectivity index (χ0) is 12.3. The summed E-state index contributed by atoms with van der Waals surface area (Å²) >= 11 is 0. The smallest absolute Gasteiger partial charge is 0.123 e. The van der Waals surface area contributed by atoms with Crippen molar-refractivity contribution in [2.75, 3.05) is 13.2 Å². The van der Waals surface area contributed by atoms with Crippen molar-refractivity contribution in [2.24, 2.45) is 10.9 Å². The number of aromatic nitrogens is 3. The van der Waals surface area contributed by atoms with Gasteiger partial charge in [0.25, 0.3) is 0 Å². The van der Waals surface area contributed by atoms with E-state index in [1.807, 2.05) is 10.9 Å². The van der Waals surface area contributed by atoms with E-state index >= 15 is 0 Å². The number of hydrogen-bond acceptors (Lipinski definition) is 4. The first-order chi connectivity index (χ1) is 8.03. The highest BCUT2D eigenvalue weighted by molar-refractivity contribution is 5.76.